The lowest BCUT2D eigenvalue weighted by atomic mass is 9.84. The predicted octanol–water partition coefficient (Wildman–Crippen LogP) is 4.55. The van der Waals surface area contributed by atoms with Crippen LogP contribution in [0.3, 0.4) is 0 Å². The molecule has 3 fully saturated rings. The van der Waals surface area contributed by atoms with E-state index in [9.17, 15) is 27.6 Å². The molecule has 0 radical (unpaired) electrons. The van der Waals surface area contributed by atoms with Gasteiger partial charge in [-0.25, -0.2) is 8.78 Å². The number of amides is 3. The van der Waals surface area contributed by atoms with Crippen LogP contribution in [0, 0.1) is 29.4 Å². The molecule has 4 atom stereocenters. The minimum absolute atomic E-state index is 0.0425. The molecule has 238 valence electrons. The molecule has 2 aromatic carbocycles. The molecule has 44 heavy (non-hydrogen) atoms. The number of benzene rings is 2. The van der Waals surface area contributed by atoms with Crippen molar-refractivity contribution in [2.45, 2.75) is 51.4 Å². The Hall–Kier alpha value is -3.74. The van der Waals surface area contributed by atoms with Gasteiger partial charge in [0.25, 0.3) is 5.91 Å². The Labute approximate surface area is 252 Å². The number of piperazine rings is 1. The number of nitrogens with one attached hydrogen (secondary N) is 3. The van der Waals surface area contributed by atoms with E-state index in [1.54, 1.807) is 0 Å². The van der Waals surface area contributed by atoms with Gasteiger partial charge in [-0.1, -0.05) is 6.07 Å². The molecule has 1 aliphatic carbocycles. The standard InChI is InChI=1S/C31H36F5N5O3/c1-16-14-41(15-17(2)40(16)3)27-11-25(33)21(19-6-7-20(24(32)8-19)29(43)38-12-18-4-5-18)9-26(27)39-30(44)22-13-37-28(42)10-23(22)31(34,35)36/h6-9,11,16-18,22-23H,4-5,10,12-15H2,1-3H3,(H,37,42)(H,38,43)(H,39,44)/t16-,17+,22?,23?. The third-order valence-electron chi connectivity index (χ3n) is 8.98. The molecule has 3 aliphatic rings. The molecule has 1 saturated carbocycles. The van der Waals surface area contributed by atoms with Gasteiger partial charge in [0.1, 0.15) is 11.6 Å². The van der Waals surface area contributed by atoms with E-state index in [-0.39, 0.29) is 40.1 Å². The number of nitrogens with zero attached hydrogens (tertiary/aromatic N) is 2. The van der Waals surface area contributed by atoms with Crippen molar-refractivity contribution < 1.29 is 36.3 Å². The van der Waals surface area contributed by atoms with Crippen LogP contribution in [0.2, 0.25) is 0 Å². The Kier molecular flexibility index (Phi) is 8.88. The molecule has 0 aromatic heterocycles. The zero-order valence-electron chi connectivity index (χ0n) is 24.7. The highest BCUT2D eigenvalue weighted by Crippen LogP contribution is 2.40. The van der Waals surface area contributed by atoms with Crippen molar-refractivity contribution >= 4 is 29.1 Å². The van der Waals surface area contributed by atoms with Crippen LogP contribution < -0.4 is 20.9 Å². The molecule has 8 nitrogen and oxygen atoms in total. The normalized spacial score (nSPS) is 24.5. The lowest BCUT2D eigenvalue weighted by molar-refractivity contribution is -0.197. The molecule has 2 aliphatic heterocycles. The van der Waals surface area contributed by atoms with Crippen molar-refractivity contribution in [3.63, 3.8) is 0 Å². The first-order valence-electron chi connectivity index (χ1n) is 14.8. The van der Waals surface area contributed by atoms with Gasteiger partial charge in [-0.2, -0.15) is 13.2 Å². The van der Waals surface area contributed by atoms with Crippen LogP contribution in [0.1, 0.15) is 43.5 Å². The summed E-state index contributed by atoms with van der Waals surface area (Å²) in [6.07, 6.45) is -3.65. The summed E-state index contributed by atoms with van der Waals surface area (Å²) >= 11 is 0. The monoisotopic (exact) mass is 621 g/mol. The van der Waals surface area contributed by atoms with E-state index in [0.717, 1.165) is 18.9 Å². The number of hydrogen-bond donors (Lipinski definition) is 3. The largest absolute Gasteiger partial charge is 0.393 e. The second-order valence-electron chi connectivity index (χ2n) is 12.2. The predicted molar refractivity (Wildman–Crippen MR) is 155 cm³/mol. The van der Waals surface area contributed by atoms with Crippen molar-refractivity contribution in [3.05, 3.63) is 47.5 Å². The second kappa shape index (κ2) is 12.3. The number of likely N-dealkylation sites (N-methyl/N-ethyl adjacent to an activating group) is 1. The summed E-state index contributed by atoms with van der Waals surface area (Å²) in [6.45, 7) is 4.81. The second-order valence-corrected chi connectivity index (χ2v) is 12.2. The van der Waals surface area contributed by atoms with E-state index in [0.29, 0.717) is 25.6 Å². The fraction of sp³-hybridized carbons (Fsp3) is 0.516. The number of carbonyl (C=O) groups is 3. The topological polar surface area (TPSA) is 93.8 Å². The molecule has 13 heteroatoms. The lowest BCUT2D eigenvalue weighted by Gasteiger charge is -2.44. The van der Waals surface area contributed by atoms with E-state index >= 15 is 8.78 Å². The van der Waals surface area contributed by atoms with Gasteiger partial charge in [0, 0.05) is 50.2 Å². The molecule has 5 rings (SSSR count). The number of anilines is 2. The molecule has 0 bridgehead atoms. The summed E-state index contributed by atoms with van der Waals surface area (Å²) in [5.41, 5.74) is 0.107. The number of rotatable bonds is 7. The van der Waals surface area contributed by atoms with Gasteiger partial charge < -0.3 is 20.9 Å². The molecule has 3 N–H and O–H groups in total. The maximum absolute atomic E-state index is 15.8. The van der Waals surface area contributed by atoms with E-state index in [2.05, 4.69) is 20.9 Å². The highest BCUT2D eigenvalue weighted by atomic mass is 19.4. The Bertz CT molecular complexity index is 1430. The summed E-state index contributed by atoms with van der Waals surface area (Å²) in [4.78, 5) is 41.6. The zero-order chi connectivity index (χ0) is 31.9. The number of carbonyl (C=O) groups excluding carboxylic acids is 3. The smallest absolute Gasteiger partial charge is 0.367 e. The van der Waals surface area contributed by atoms with Crippen molar-refractivity contribution in [1.29, 1.82) is 0 Å². The van der Waals surface area contributed by atoms with Gasteiger partial charge in [0.15, 0.2) is 0 Å². The van der Waals surface area contributed by atoms with Crippen LogP contribution in [-0.2, 0) is 9.59 Å². The van der Waals surface area contributed by atoms with Crippen LogP contribution in [-0.4, -0.2) is 74.1 Å². The van der Waals surface area contributed by atoms with Crippen LogP contribution in [0.5, 0.6) is 0 Å². The van der Waals surface area contributed by atoms with E-state index < -0.39 is 60.3 Å². The lowest BCUT2D eigenvalue weighted by Crippen LogP contribution is -2.55. The fourth-order valence-electron chi connectivity index (χ4n) is 5.89. The Balaban J connectivity index is 1.49. The number of hydrogen-bond acceptors (Lipinski definition) is 5. The fourth-order valence-corrected chi connectivity index (χ4v) is 5.89. The van der Waals surface area contributed by atoms with Gasteiger partial charge in [0.2, 0.25) is 11.8 Å². The highest BCUT2D eigenvalue weighted by molar-refractivity contribution is 5.99. The average molecular weight is 622 g/mol. The van der Waals surface area contributed by atoms with Gasteiger partial charge in [0.05, 0.1) is 28.8 Å². The molecule has 0 spiro atoms. The molecular formula is C31H36F5N5O3. The van der Waals surface area contributed by atoms with Crippen molar-refractivity contribution in [2.75, 3.05) is 43.4 Å². The number of piperidine rings is 1. The summed E-state index contributed by atoms with van der Waals surface area (Å²) in [5, 5.41) is 7.60. The highest BCUT2D eigenvalue weighted by Gasteiger charge is 2.50. The van der Waals surface area contributed by atoms with E-state index in [4.69, 9.17) is 0 Å². The first kappa shape index (κ1) is 31.7. The van der Waals surface area contributed by atoms with E-state index in [1.165, 1.54) is 24.3 Å². The van der Waals surface area contributed by atoms with Crippen LogP contribution in [0.25, 0.3) is 11.1 Å². The number of alkyl halides is 3. The Morgan fingerprint density at radius 2 is 1.70 bits per heavy atom. The Morgan fingerprint density at radius 3 is 2.32 bits per heavy atom. The summed E-state index contributed by atoms with van der Waals surface area (Å²) in [6, 6.07) is 6.21. The van der Waals surface area contributed by atoms with E-state index in [1.807, 2.05) is 25.8 Å². The van der Waals surface area contributed by atoms with Crippen LogP contribution >= 0.6 is 0 Å². The first-order chi connectivity index (χ1) is 20.7. The zero-order valence-corrected chi connectivity index (χ0v) is 24.7. The third kappa shape index (κ3) is 6.82. The van der Waals surface area contributed by atoms with Crippen molar-refractivity contribution in [1.82, 2.24) is 15.5 Å². The molecule has 2 unspecified atom stereocenters. The SMILES string of the molecule is C[C@@H]1CN(c2cc(F)c(-c3ccc(C(=O)NCC4CC4)c(F)c3)cc2NC(=O)C2CNC(=O)CC2C(F)(F)F)C[C@H](C)N1C. The quantitative estimate of drug-likeness (QED) is 0.395. The minimum atomic E-state index is -4.79. The van der Waals surface area contributed by atoms with Crippen molar-refractivity contribution in [3.8, 4) is 11.1 Å². The average Bonchev–Trinajstić information content (AvgIpc) is 3.79. The molecule has 2 saturated heterocycles. The van der Waals surface area contributed by atoms with Crippen LogP contribution in [0.15, 0.2) is 30.3 Å². The van der Waals surface area contributed by atoms with Gasteiger partial charge in [-0.15, -0.1) is 0 Å². The summed E-state index contributed by atoms with van der Waals surface area (Å²) in [7, 11) is 1.96. The molecule has 2 aromatic rings. The molecule has 2 heterocycles. The molecule has 3 amide bonds. The van der Waals surface area contributed by atoms with Gasteiger partial charge in [-0.3, -0.25) is 19.3 Å². The Morgan fingerprint density at radius 1 is 1.02 bits per heavy atom. The van der Waals surface area contributed by atoms with Crippen molar-refractivity contribution in [2.24, 2.45) is 17.8 Å². The van der Waals surface area contributed by atoms with Gasteiger partial charge >= 0.3 is 6.18 Å². The van der Waals surface area contributed by atoms with Crippen LogP contribution in [0.4, 0.5) is 33.3 Å². The number of halogens is 5. The summed E-state index contributed by atoms with van der Waals surface area (Å²) in [5.74, 6) is -7.35. The minimum Gasteiger partial charge on any atom is -0.367 e. The third-order valence-corrected chi connectivity index (χ3v) is 8.98. The maximum atomic E-state index is 15.8. The maximum Gasteiger partial charge on any atom is 0.393 e. The van der Waals surface area contributed by atoms with Gasteiger partial charge in [-0.05, 0) is 69.5 Å². The molecular weight excluding hydrogens is 585 g/mol. The first-order valence-corrected chi connectivity index (χ1v) is 14.8. The summed E-state index contributed by atoms with van der Waals surface area (Å²) < 4.78 is 72.3.